The van der Waals surface area contributed by atoms with E-state index in [0.717, 1.165) is 16.6 Å². The number of carbonyl (C=O) groups is 1. The number of carbonyl (C=O) groups excluding carboxylic acids is 1. The van der Waals surface area contributed by atoms with Crippen LogP contribution in [0.15, 0.2) is 59.4 Å². The summed E-state index contributed by atoms with van der Waals surface area (Å²) in [6.07, 6.45) is 0. The van der Waals surface area contributed by atoms with Gasteiger partial charge in [0.1, 0.15) is 6.54 Å². The quantitative estimate of drug-likeness (QED) is 0.778. The van der Waals surface area contributed by atoms with Gasteiger partial charge in [0.2, 0.25) is 5.91 Å². The highest BCUT2D eigenvalue weighted by Gasteiger charge is 2.20. The van der Waals surface area contributed by atoms with Gasteiger partial charge in [-0.3, -0.25) is 13.9 Å². The summed E-state index contributed by atoms with van der Waals surface area (Å²) in [6, 6.07) is 17.3. The summed E-state index contributed by atoms with van der Waals surface area (Å²) >= 11 is 0. The van der Waals surface area contributed by atoms with Crippen LogP contribution in [0.4, 0.5) is 0 Å². The summed E-state index contributed by atoms with van der Waals surface area (Å²) in [4.78, 5) is 25.1. The molecule has 2 aromatic carbocycles. The second-order valence-electron chi connectivity index (χ2n) is 6.62. The average molecular weight is 337 g/mol. The van der Waals surface area contributed by atoms with Crippen LogP contribution in [0.25, 0.3) is 11.0 Å². The molecule has 0 aliphatic rings. The topological polar surface area (TPSA) is 56.0 Å². The number of fused-ring (bicyclic) bond motifs is 1. The first kappa shape index (κ1) is 17.0. The molecule has 0 bridgehead atoms. The van der Waals surface area contributed by atoms with Crippen LogP contribution in [-0.4, -0.2) is 15.0 Å². The summed E-state index contributed by atoms with van der Waals surface area (Å²) in [5.74, 6) is 0.0802. The lowest BCUT2D eigenvalue weighted by Crippen LogP contribution is -2.36. The number of imidazole rings is 1. The molecule has 1 amide bonds. The number of nitrogens with one attached hydrogen (secondary N) is 1. The minimum Gasteiger partial charge on any atom is -0.347 e. The number of aromatic nitrogens is 2. The van der Waals surface area contributed by atoms with Crippen LogP contribution < -0.4 is 11.0 Å². The lowest BCUT2D eigenvalue weighted by molar-refractivity contribution is -0.122. The van der Waals surface area contributed by atoms with Gasteiger partial charge in [0.25, 0.3) is 0 Å². The Kier molecular flexibility index (Phi) is 4.74. The van der Waals surface area contributed by atoms with Crippen LogP contribution in [0.2, 0.25) is 0 Å². The van der Waals surface area contributed by atoms with E-state index in [2.05, 4.69) is 19.2 Å². The molecule has 3 rings (SSSR count). The van der Waals surface area contributed by atoms with Crippen LogP contribution in [0, 0.1) is 5.92 Å². The molecule has 0 saturated carbocycles. The van der Waals surface area contributed by atoms with Gasteiger partial charge in [-0.15, -0.1) is 0 Å². The molecule has 1 N–H and O–H groups in total. The number of nitrogens with zero attached hydrogens (tertiary/aromatic N) is 2. The molecule has 25 heavy (non-hydrogen) atoms. The number of hydrogen-bond donors (Lipinski definition) is 1. The van der Waals surface area contributed by atoms with E-state index in [4.69, 9.17) is 0 Å². The monoisotopic (exact) mass is 337 g/mol. The molecule has 0 spiro atoms. The Hall–Kier alpha value is -2.82. The number of para-hydroxylation sites is 2. The number of benzene rings is 2. The first-order valence-electron chi connectivity index (χ1n) is 8.47. The van der Waals surface area contributed by atoms with Crippen molar-refractivity contribution in [1.82, 2.24) is 14.5 Å². The zero-order chi connectivity index (χ0) is 18.0. The van der Waals surface area contributed by atoms with Crippen LogP contribution in [0.1, 0.15) is 25.5 Å². The third-order valence-electron chi connectivity index (χ3n) is 4.50. The summed E-state index contributed by atoms with van der Waals surface area (Å²) < 4.78 is 3.09. The molecule has 5 nitrogen and oxygen atoms in total. The van der Waals surface area contributed by atoms with Crippen molar-refractivity contribution in [1.29, 1.82) is 0 Å². The van der Waals surface area contributed by atoms with Gasteiger partial charge >= 0.3 is 5.69 Å². The van der Waals surface area contributed by atoms with Crippen molar-refractivity contribution in [2.75, 3.05) is 0 Å². The highest BCUT2D eigenvalue weighted by molar-refractivity contribution is 5.81. The third-order valence-corrected chi connectivity index (χ3v) is 4.50. The van der Waals surface area contributed by atoms with Gasteiger partial charge in [-0.2, -0.15) is 0 Å². The lowest BCUT2D eigenvalue weighted by atomic mass is 9.96. The predicted molar refractivity (Wildman–Crippen MR) is 99.3 cm³/mol. The standard InChI is InChI=1S/C20H23N3O2/c1-14(2)19(15-9-5-4-6-10-15)21-18(24)13-23-17-12-8-7-11-16(17)22(3)20(23)25/h4-12,14,19H,13H2,1-3H3,(H,21,24)/t19-/m1/s1. The zero-order valence-electron chi connectivity index (χ0n) is 14.8. The summed E-state index contributed by atoms with van der Waals surface area (Å²) in [6.45, 7) is 4.15. The van der Waals surface area contributed by atoms with Gasteiger partial charge in [0, 0.05) is 7.05 Å². The lowest BCUT2D eigenvalue weighted by Gasteiger charge is -2.23. The molecule has 0 fully saturated rings. The minimum absolute atomic E-state index is 0.0102. The van der Waals surface area contributed by atoms with Gasteiger partial charge < -0.3 is 5.32 Å². The van der Waals surface area contributed by atoms with E-state index in [0.29, 0.717) is 0 Å². The Bertz CT molecular complexity index is 938. The molecule has 1 heterocycles. The van der Waals surface area contributed by atoms with Crippen molar-refractivity contribution in [2.45, 2.75) is 26.4 Å². The van der Waals surface area contributed by atoms with Crippen molar-refractivity contribution in [3.05, 3.63) is 70.6 Å². The highest BCUT2D eigenvalue weighted by atomic mass is 16.2. The molecule has 130 valence electrons. The number of rotatable bonds is 5. The van der Waals surface area contributed by atoms with E-state index in [9.17, 15) is 9.59 Å². The van der Waals surface area contributed by atoms with Gasteiger partial charge in [-0.1, -0.05) is 56.3 Å². The Morgan fingerprint density at radius 2 is 1.60 bits per heavy atom. The maximum atomic E-state index is 12.6. The van der Waals surface area contributed by atoms with Crippen molar-refractivity contribution >= 4 is 16.9 Å². The van der Waals surface area contributed by atoms with Gasteiger partial charge in [0.15, 0.2) is 0 Å². The zero-order valence-corrected chi connectivity index (χ0v) is 14.8. The SMILES string of the molecule is CC(C)[C@@H](NC(=O)Cn1c(=O)n(C)c2ccccc21)c1ccccc1. The molecule has 3 aromatic rings. The van der Waals surface area contributed by atoms with Crippen molar-refractivity contribution in [2.24, 2.45) is 13.0 Å². The van der Waals surface area contributed by atoms with Crippen LogP contribution in [0.5, 0.6) is 0 Å². The third kappa shape index (κ3) is 3.36. The van der Waals surface area contributed by atoms with Crippen LogP contribution in [0.3, 0.4) is 0 Å². The van der Waals surface area contributed by atoms with E-state index in [1.165, 1.54) is 4.57 Å². The fourth-order valence-electron chi connectivity index (χ4n) is 3.17. The highest BCUT2D eigenvalue weighted by Crippen LogP contribution is 2.21. The molecular weight excluding hydrogens is 314 g/mol. The molecule has 0 radical (unpaired) electrons. The van der Waals surface area contributed by atoms with Gasteiger partial charge in [-0.05, 0) is 23.6 Å². The second kappa shape index (κ2) is 6.97. The van der Waals surface area contributed by atoms with E-state index >= 15 is 0 Å². The summed E-state index contributed by atoms with van der Waals surface area (Å²) in [5, 5.41) is 3.07. The molecule has 0 unspecified atom stereocenters. The van der Waals surface area contributed by atoms with Gasteiger partial charge in [-0.25, -0.2) is 4.79 Å². The Morgan fingerprint density at radius 3 is 2.24 bits per heavy atom. The van der Waals surface area contributed by atoms with E-state index in [1.54, 1.807) is 11.6 Å². The Balaban J connectivity index is 1.85. The fraction of sp³-hybridized carbons (Fsp3) is 0.300. The van der Waals surface area contributed by atoms with Crippen molar-refractivity contribution in [3.63, 3.8) is 0 Å². The molecule has 0 aliphatic carbocycles. The molecule has 5 heteroatoms. The maximum Gasteiger partial charge on any atom is 0.329 e. The fourth-order valence-corrected chi connectivity index (χ4v) is 3.17. The molecule has 1 atom stereocenters. The first-order chi connectivity index (χ1) is 12.0. The largest absolute Gasteiger partial charge is 0.347 e. The van der Waals surface area contributed by atoms with E-state index in [-0.39, 0.29) is 30.1 Å². The first-order valence-corrected chi connectivity index (χ1v) is 8.47. The molecular formula is C20H23N3O2. The Labute approximate surface area is 146 Å². The van der Waals surface area contributed by atoms with Gasteiger partial charge in [0.05, 0.1) is 17.1 Å². The number of hydrogen-bond acceptors (Lipinski definition) is 2. The number of aryl methyl sites for hydroxylation is 1. The van der Waals surface area contributed by atoms with E-state index < -0.39 is 0 Å². The molecule has 1 aromatic heterocycles. The average Bonchev–Trinajstić information content (AvgIpc) is 2.85. The summed E-state index contributed by atoms with van der Waals surface area (Å²) in [7, 11) is 1.72. The number of amides is 1. The smallest absolute Gasteiger partial charge is 0.329 e. The molecule has 0 saturated heterocycles. The minimum atomic E-state index is -0.183. The van der Waals surface area contributed by atoms with E-state index in [1.807, 2.05) is 54.6 Å². The van der Waals surface area contributed by atoms with Crippen LogP contribution >= 0.6 is 0 Å². The van der Waals surface area contributed by atoms with Crippen molar-refractivity contribution < 1.29 is 4.79 Å². The van der Waals surface area contributed by atoms with Crippen LogP contribution in [-0.2, 0) is 18.4 Å². The molecule has 0 aliphatic heterocycles. The second-order valence-corrected chi connectivity index (χ2v) is 6.62. The Morgan fingerprint density at radius 1 is 1.00 bits per heavy atom. The summed E-state index contributed by atoms with van der Waals surface area (Å²) in [5.41, 5.74) is 2.48. The van der Waals surface area contributed by atoms with Crippen molar-refractivity contribution in [3.8, 4) is 0 Å². The maximum absolute atomic E-state index is 12.6. The normalized spacial score (nSPS) is 12.5. The predicted octanol–water partition coefficient (Wildman–Crippen LogP) is 2.85.